The van der Waals surface area contributed by atoms with Crippen LogP contribution in [0.15, 0.2) is 18.3 Å². The quantitative estimate of drug-likeness (QED) is 0.876. The molecule has 1 aromatic rings. The second-order valence-electron chi connectivity index (χ2n) is 5.76. The molecule has 0 atom stereocenters. The summed E-state index contributed by atoms with van der Waals surface area (Å²) in [4.78, 5) is 16.3. The molecule has 0 saturated heterocycles. The first-order chi connectivity index (χ1) is 9.04. The lowest BCUT2D eigenvalue weighted by molar-refractivity contribution is 0.0717. The minimum atomic E-state index is -0.444. The van der Waals surface area contributed by atoms with Crippen molar-refractivity contribution in [1.29, 1.82) is 0 Å². The molecule has 19 heavy (non-hydrogen) atoms. The predicted octanol–water partition coefficient (Wildman–Crippen LogP) is 2.06. The fourth-order valence-electron chi connectivity index (χ4n) is 2.64. The molecule has 1 amide bonds. The molecule has 0 spiro atoms. The van der Waals surface area contributed by atoms with Gasteiger partial charge in [0, 0.05) is 17.5 Å². The number of pyridine rings is 1. The highest BCUT2D eigenvalue weighted by Crippen LogP contribution is 2.31. The number of carbonyl (C=O) groups is 1. The van der Waals surface area contributed by atoms with Gasteiger partial charge in [0.2, 0.25) is 0 Å². The molecule has 1 aromatic heterocycles. The van der Waals surface area contributed by atoms with Gasteiger partial charge in [0.05, 0.1) is 12.1 Å². The van der Waals surface area contributed by atoms with Gasteiger partial charge in [0.15, 0.2) is 0 Å². The van der Waals surface area contributed by atoms with Crippen LogP contribution in [0.25, 0.3) is 0 Å². The zero-order chi connectivity index (χ0) is 13.9. The number of nitrogens with one attached hydrogen (secondary N) is 1. The van der Waals surface area contributed by atoms with Crippen LogP contribution < -0.4 is 5.32 Å². The van der Waals surface area contributed by atoms with Gasteiger partial charge in [-0.1, -0.05) is 6.92 Å². The number of amides is 1. The average Bonchev–Trinajstić information content (AvgIpc) is 2.42. The van der Waals surface area contributed by atoms with E-state index in [1.807, 2.05) is 6.92 Å². The van der Waals surface area contributed by atoms with Crippen molar-refractivity contribution in [3.63, 3.8) is 0 Å². The fourth-order valence-corrected chi connectivity index (χ4v) is 2.64. The van der Waals surface area contributed by atoms with Gasteiger partial charge in [-0.2, -0.15) is 0 Å². The van der Waals surface area contributed by atoms with Crippen molar-refractivity contribution in [1.82, 2.24) is 10.3 Å². The van der Waals surface area contributed by atoms with E-state index in [-0.39, 0.29) is 12.5 Å². The van der Waals surface area contributed by atoms with Gasteiger partial charge < -0.3 is 10.4 Å². The zero-order valence-corrected chi connectivity index (χ0v) is 11.6. The van der Waals surface area contributed by atoms with Crippen molar-refractivity contribution in [3.8, 4) is 0 Å². The maximum atomic E-state index is 12.3. The van der Waals surface area contributed by atoms with Crippen molar-refractivity contribution in [3.05, 3.63) is 29.6 Å². The molecule has 1 saturated carbocycles. The first kappa shape index (κ1) is 14.0. The number of hydrogen-bond donors (Lipinski definition) is 2. The number of nitrogens with zero attached hydrogens (tertiary/aromatic N) is 1. The van der Waals surface area contributed by atoms with Crippen molar-refractivity contribution in [2.45, 2.75) is 45.1 Å². The van der Waals surface area contributed by atoms with Gasteiger partial charge in [-0.3, -0.25) is 9.78 Å². The Balaban J connectivity index is 2.08. The van der Waals surface area contributed by atoms with Crippen LogP contribution >= 0.6 is 0 Å². The van der Waals surface area contributed by atoms with Crippen molar-refractivity contribution < 1.29 is 9.90 Å². The van der Waals surface area contributed by atoms with Crippen LogP contribution in [-0.4, -0.2) is 28.1 Å². The van der Waals surface area contributed by atoms with Crippen molar-refractivity contribution in [2.24, 2.45) is 5.92 Å². The molecular formula is C15H22N2O2. The smallest absolute Gasteiger partial charge is 0.251 e. The van der Waals surface area contributed by atoms with Crippen LogP contribution in [0.1, 0.15) is 48.7 Å². The normalized spacial score (nSPS) is 27.0. The summed E-state index contributed by atoms with van der Waals surface area (Å²) in [7, 11) is 0. The van der Waals surface area contributed by atoms with Gasteiger partial charge in [-0.25, -0.2) is 0 Å². The van der Waals surface area contributed by atoms with E-state index in [9.17, 15) is 9.90 Å². The van der Waals surface area contributed by atoms with Crippen molar-refractivity contribution >= 4 is 5.91 Å². The van der Waals surface area contributed by atoms with Gasteiger partial charge in [0.25, 0.3) is 5.91 Å². The van der Waals surface area contributed by atoms with Crippen LogP contribution in [0, 0.1) is 12.8 Å². The Bertz CT molecular complexity index is 451. The number of hydrogen-bond acceptors (Lipinski definition) is 3. The average molecular weight is 262 g/mol. The van der Waals surface area contributed by atoms with Crippen molar-refractivity contribution in [2.75, 3.05) is 6.61 Å². The number of aryl methyl sites for hydroxylation is 1. The molecular weight excluding hydrogens is 240 g/mol. The Labute approximate surface area is 114 Å². The second kappa shape index (κ2) is 5.70. The van der Waals surface area contributed by atoms with Gasteiger partial charge in [-0.15, -0.1) is 0 Å². The Hall–Kier alpha value is -1.42. The molecule has 4 nitrogen and oxygen atoms in total. The van der Waals surface area contributed by atoms with E-state index in [0.29, 0.717) is 11.5 Å². The topological polar surface area (TPSA) is 62.2 Å². The third-order valence-corrected chi connectivity index (χ3v) is 4.07. The Morgan fingerprint density at radius 3 is 2.79 bits per heavy atom. The first-order valence-corrected chi connectivity index (χ1v) is 6.91. The van der Waals surface area contributed by atoms with Crippen LogP contribution in [0.2, 0.25) is 0 Å². The maximum absolute atomic E-state index is 12.3. The molecule has 0 aromatic carbocycles. The number of aromatic nitrogens is 1. The Morgan fingerprint density at radius 1 is 1.53 bits per heavy atom. The molecule has 0 bridgehead atoms. The summed E-state index contributed by atoms with van der Waals surface area (Å²) in [5.41, 5.74) is 0.989. The van der Waals surface area contributed by atoms with E-state index in [0.717, 1.165) is 31.4 Å². The van der Waals surface area contributed by atoms with Gasteiger partial charge >= 0.3 is 0 Å². The van der Waals surface area contributed by atoms with E-state index < -0.39 is 5.54 Å². The molecule has 1 heterocycles. The summed E-state index contributed by atoms with van der Waals surface area (Å²) in [6, 6.07) is 3.48. The second-order valence-corrected chi connectivity index (χ2v) is 5.76. The minimum absolute atomic E-state index is 0.00945. The Kier molecular flexibility index (Phi) is 4.20. The third kappa shape index (κ3) is 3.32. The Morgan fingerprint density at radius 2 is 2.21 bits per heavy atom. The van der Waals surface area contributed by atoms with E-state index >= 15 is 0 Å². The third-order valence-electron chi connectivity index (χ3n) is 4.07. The highest BCUT2D eigenvalue weighted by atomic mass is 16.3. The molecule has 4 heteroatoms. The summed E-state index contributed by atoms with van der Waals surface area (Å²) in [6.07, 6.45) is 5.44. The molecule has 2 N–H and O–H groups in total. The monoisotopic (exact) mass is 262 g/mol. The van der Waals surface area contributed by atoms with E-state index in [4.69, 9.17) is 0 Å². The molecule has 0 radical (unpaired) electrons. The standard InChI is InChI=1S/C15H22N2O2/c1-11-3-6-15(10-18,7-4-11)17-14(19)13-5-8-16-12(2)9-13/h5,8-9,11,18H,3-4,6-7,10H2,1-2H3,(H,17,19). The SMILES string of the molecule is Cc1cc(C(=O)NC2(CO)CCC(C)CC2)ccn1. The van der Waals surface area contributed by atoms with Crippen LogP contribution in [0.3, 0.4) is 0 Å². The molecule has 1 fully saturated rings. The zero-order valence-electron chi connectivity index (χ0n) is 11.6. The lowest BCUT2D eigenvalue weighted by Gasteiger charge is -2.38. The summed E-state index contributed by atoms with van der Waals surface area (Å²) >= 11 is 0. The minimum Gasteiger partial charge on any atom is -0.394 e. The van der Waals surface area contributed by atoms with Crippen LogP contribution in [0.4, 0.5) is 0 Å². The van der Waals surface area contributed by atoms with E-state index in [1.54, 1.807) is 18.3 Å². The highest BCUT2D eigenvalue weighted by Gasteiger charge is 2.35. The number of aliphatic hydroxyl groups excluding tert-OH is 1. The van der Waals surface area contributed by atoms with Crippen LogP contribution in [0.5, 0.6) is 0 Å². The summed E-state index contributed by atoms with van der Waals surface area (Å²) in [5.74, 6) is 0.564. The number of carbonyl (C=O) groups excluding carboxylic acids is 1. The van der Waals surface area contributed by atoms with E-state index in [2.05, 4.69) is 17.2 Å². The molecule has 0 aliphatic heterocycles. The first-order valence-electron chi connectivity index (χ1n) is 6.91. The molecule has 2 rings (SSSR count). The number of rotatable bonds is 3. The largest absolute Gasteiger partial charge is 0.394 e. The molecule has 1 aliphatic carbocycles. The highest BCUT2D eigenvalue weighted by molar-refractivity contribution is 5.94. The lowest BCUT2D eigenvalue weighted by atomic mass is 9.77. The summed E-state index contributed by atoms with van der Waals surface area (Å²) < 4.78 is 0. The van der Waals surface area contributed by atoms with E-state index in [1.165, 1.54) is 0 Å². The number of aliphatic hydroxyl groups is 1. The predicted molar refractivity (Wildman–Crippen MR) is 73.9 cm³/mol. The molecule has 0 unspecified atom stereocenters. The lowest BCUT2D eigenvalue weighted by Crippen LogP contribution is -2.53. The van der Waals surface area contributed by atoms with Crippen LogP contribution in [-0.2, 0) is 0 Å². The molecule has 104 valence electrons. The van der Waals surface area contributed by atoms with Gasteiger partial charge in [-0.05, 0) is 50.7 Å². The summed E-state index contributed by atoms with van der Waals surface area (Å²) in [5, 5.41) is 12.7. The maximum Gasteiger partial charge on any atom is 0.251 e. The summed E-state index contributed by atoms with van der Waals surface area (Å²) in [6.45, 7) is 4.09. The fraction of sp³-hybridized carbons (Fsp3) is 0.600. The van der Waals surface area contributed by atoms with Gasteiger partial charge in [0.1, 0.15) is 0 Å². The molecule has 1 aliphatic rings.